The Bertz CT molecular complexity index is 1250. The molecule has 0 saturated carbocycles. The Kier molecular flexibility index (Phi) is 7.33. The number of ether oxygens (including phenoxy) is 1. The van der Waals surface area contributed by atoms with Gasteiger partial charge in [-0.05, 0) is 74.0 Å². The molecule has 0 saturated heterocycles. The maximum atomic E-state index is 13.5. The van der Waals surface area contributed by atoms with Gasteiger partial charge >= 0.3 is 0 Å². The van der Waals surface area contributed by atoms with Crippen molar-refractivity contribution in [3.63, 3.8) is 0 Å². The molecule has 0 N–H and O–H groups in total. The van der Waals surface area contributed by atoms with Gasteiger partial charge in [-0.1, -0.05) is 65.7 Å². The molecule has 0 radical (unpaired) electrons. The molecule has 33 heavy (non-hydrogen) atoms. The van der Waals surface area contributed by atoms with Crippen LogP contribution >= 0.6 is 0 Å². The number of rotatable bonds is 7. The predicted octanol–water partition coefficient (Wildman–Crippen LogP) is 7.01. The van der Waals surface area contributed by atoms with Crippen LogP contribution in [0.25, 0.3) is 6.08 Å². The third kappa shape index (κ3) is 5.95. The van der Waals surface area contributed by atoms with Crippen LogP contribution in [0.15, 0.2) is 117 Å². The van der Waals surface area contributed by atoms with Gasteiger partial charge in [0, 0.05) is 9.79 Å². The van der Waals surface area contributed by atoms with Crippen molar-refractivity contribution in [1.82, 2.24) is 0 Å². The minimum atomic E-state index is -1.59. The highest BCUT2D eigenvalue weighted by atomic mass is 32.2. The first-order valence-corrected chi connectivity index (χ1v) is 12.8. The van der Waals surface area contributed by atoms with E-state index in [1.807, 2.05) is 117 Å². The van der Waals surface area contributed by atoms with E-state index in [1.54, 1.807) is 6.08 Å². The number of para-hydroxylation sites is 1. The summed E-state index contributed by atoms with van der Waals surface area (Å²) in [5, 5.41) is 0. The van der Waals surface area contributed by atoms with Crippen LogP contribution in [-0.4, -0.2) is 8.42 Å². The lowest BCUT2D eigenvalue weighted by atomic mass is 10.2. The van der Waals surface area contributed by atoms with Crippen molar-refractivity contribution in [2.45, 2.75) is 23.6 Å². The van der Waals surface area contributed by atoms with E-state index in [1.165, 1.54) is 0 Å². The van der Waals surface area contributed by atoms with E-state index in [9.17, 15) is 8.42 Å². The van der Waals surface area contributed by atoms with Crippen LogP contribution in [-0.2, 0) is 21.6 Å². The molecular weight excluding hydrogens is 448 g/mol. The Labute approximate surface area is 199 Å². The van der Waals surface area contributed by atoms with Gasteiger partial charge < -0.3 is 4.74 Å². The van der Waals surface area contributed by atoms with Gasteiger partial charge in [0.25, 0.3) is 0 Å². The fourth-order valence-corrected chi connectivity index (χ4v) is 6.01. The molecule has 0 amide bonds. The summed E-state index contributed by atoms with van der Waals surface area (Å²) in [7, 11) is -3.18. The number of hydrogen-bond donors (Lipinski definition) is 0. The largest absolute Gasteiger partial charge is 0.457 e. The summed E-state index contributed by atoms with van der Waals surface area (Å²) in [6, 6.07) is 31.9. The second-order valence-electron chi connectivity index (χ2n) is 7.61. The molecule has 5 heteroatoms. The molecule has 0 fully saturated rings. The second kappa shape index (κ2) is 10.6. The highest BCUT2D eigenvalue weighted by Gasteiger charge is 2.19. The number of benzene rings is 4. The van der Waals surface area contributed by atoms with Crippen LogP contribution in [0.1, 0.15) is 16.7 Å². The minimum absolute atomic E-state index is 0.333. The van der Waals surface area contributed by atoms with Crippen LogP contribution in [0.5, 0.6) is 11.5 Å². The Morgan fingerprint density at radius 2 is 1.15 bits per heavy atom. The third-order valence-corrected chi connectivity index (χ3v) is 8.23. The molecule has 3 nitrogen and oxygen atoms in total. The van der Waals surface area contributed by atoms with Gasteiger partial charge in [0.1, 0.15) is 15.7 Å². The van der Waals surface area contributed by atoms with Gasteiger partial charge in [0.15, 0.2) is 0 Å². The average Bonchev–Trinajstić information content (AvgIpc) is 2.83. The van der Waals surface area contributed by atoms with E-state index >= 15 is 0 Å². The second-order valence-corrected chi connectivity index (χ2v) is 10.8. The Hall–Kier alpha value is -3.28. The van der Waals surface area contributed by atoms with E-state index in [0.717, 1.165) is 22.4 Å². The molecule has 0 heterocycles. The Morgan fingerprint density at radius 1 is 0.636 bits per heavy atom. The predicted molar refractivity (Wildman–Crippen MR) is 136 cm³/mol. The van der Waals surface area contributed by atoms with Crippen LogP contribution < -0.4 is 4.74 Å². The Morgan fingerprint density at radius 3 is 1.70 bits per heavy atom. The fraction of sp³-hybridized carbons (Fsp3) is 0.0714. The SMILES string of the molecule is Cc1ccc([S@](=O)C(=Cc2cccc(Oc3ccccc3)c2)[S@@](=O)c2ccc(C)cc2)cc1. The summed E-state index contributed by atoms with van der Waals surface area (Å²) >= 11 is 0. The van der Waals surface area contributed by atoms with Gasteiger partial charge in [-0.25, -0.2) is 8.42 Å². The van der Waals surface area contributed by atoms with Gasteiger partial charge in [-0.2, -0.15) is 0 Å². The van der Waals surface area contributed by atoms with Crippen molar-refractivity contribution in [3.8, 4) is 11.5 Å². The lowest BCUT2D eigenvalue weighted by Crippen LogP contribution is -2.04. The molecule has 0 aliphatic rings. The summed E-state index contributed by atoms with van der Waals surface area (Å²) in [4.78, 5) is 1.23. The van der Waals surface area contributed by atoms with Gasteiger partial charge in [0.2, 0.25) is 0 Å². The quantitative estimate of drug-likeness (QED) is 0.291. The molecule has 0 aromatic heterocycles. The lowest BCUT2D eigenvalue weighted by Gasteiger charge is -2.10. The summed E-state index contributed by atoms with van der Waals surface area (Å²) < 4.78 is 33.3. The molecule has 0 aliphatic heterocycles. The van der Waals surface area contributed by atoms with Crippen LogP contribution in [0.3, 0.4) is 0 Å². The molecule has 0 aliphatic carbocycles. The molecule has 4 aromatic rings. The summed E-state index contributed by atoms with van der Waals surface area (Å²) in [6.45, 7) is 3.96. The van der Waals surface area contributed by atoms with Crippen molar-refractivity contribution >= 4 is 27.7 Å². The maximum Gasteiger partial charge on any atom is 0.128 e. The van der Waals surface area contributed by atoms with E-state index in [4.69, 9.17) is 4.74 Å². The van der Waals surface area contributed by atoms with Gasteiger partial charge in [0.05, 0.1) is 21.6 Å². The topological polar surface area (TPSA) is 43.4 Å². The zero-order valence-electron chi connectivity index (χ0n) is 18.4. The zero-order valence-corrected chi connectivity index (χ0v) is 20.1. The molecule has 0 unspecified atom stereocenters. The molecule has 0 bridgehead atoms. The first kappa shape index (κ1) is 22.9. The molecule has 4 rings (SSSR count). The molecular formula is C28H24O3S2. The monoisotopic (exact) mass is 472 g/mol. The van der Waals surface area contributed by atoms with Crippen molar-refractivity contribution in [3.05, 3.63) is 124 Å². The highest BCUT2D eigenvalue weighted by molar-refractivity contribution is 8.08. The van der Waals surface area contributed by atoms with Crippen molar-refractivity contribution in [1.29, 1.82) is 0 Å². The molecule has 166 valence electrons. The normalized spacial score (nSPS) is 12.5. The van der Waals surface area contributed by atoms with Crippen molar-refractivity contribution in [2.24, 2.45) is 0 Å². The minimum Gasteiger partial charge on any atom is -0.457 e. The Balaban J connectivity index is 1.73. The smallest absolute Gasteiger partial charge is 0.128 e. The third-order valence-electron chi connectivity index (χ3n) is 4.96. The van der Waals surface area contributed by atoms with E-state index in [0.29, 0.717) is 19.8 Å². The van der Waals surface area contributed by atoms with E-state index in [-0.39, 0.29) is 0 Å². The number of hydrogen-bond acceptors (Lipinski definition) is 3. The lowest BCUT2D eigenvalue weighted by molar-refractivity contribution is 0.482. The van der Waals surface area contributed by atoms with E-state index in [2.05, 4.69) is 0 Å². The first-order chi connectivity index (χ1) is 16.0. The van der Waals surface area contributed by atoms with Crippen LogP contribution in [0.4, 0.5) is 0 Å². The van der Waals surface area contributed by atoms with E-state index < -0.39 is 21.6 Å². The standard InChI is InChI=1S/C28H24O3S2/c1-21-11-15-26(16-12-21)32(29)28(33(30)27-17-13-22(2)14-18-27)20-23-7-6-10-25(19-23)31-24-8-4-3-5-9-24/h3-20H,1-2H3/t32-,33-/m0/s1. The van der Waals surface area contributed by atoms with Crippen LogP contribution in [0.2, 0.25) is 0 Å². The van der Waals surface area contributed by atoms with Crippen LogP contribution in [0, 0.1) is 13.8 Å². The average molecular weight is 473 g/mol. The molecule has 2 atom stereocenters. The summed E-state index contributed by atoms with van der Waals surface area (Å²) in [6.07, 6.45) is 1.74. The summed E-state index contributed by atoms with van der Waals surface area (Å²) in [5.41, 5.74) is 2.91. The fourth-order valence-electron chi connectivity index (χ4n) is 3.16. The van der Waals surface area contributed by atoms with Crippen molar-refractivity contribution in [2.75, 3.05) is 0 Å². The number of aryl methyl sites for hydroxylation is 2. The summed E-state index contributed by atoms with van der Waals surface area (Å²) in [5.74, 6) is 1.38. The first-order valence-electron chi connectivity index (χ1n) is 10.5. The highest BCUT2D eigenvalue weighted by Crippen LogP contribution is 2.28. The van der Waals surface area contributed by atoms with Gasteiger partial charge in [-0.15, -0.1) is 0 Å². The maximum absolute atomic E-state index is 13.5. The molecule has 0 spiro atoms. The van der Waals surface area contributed by atoms with Gasteiger partial charge in [-0.3, -0.25) is 0 Å². The van der Waals surface area contributed by atoms with Crippen molar-refractivity contribution < 1.29 is 13.2 Å². The zero-order chi connectivity index (χ0) is 23.2. The molecule has 4 aromatic carbocycles.